The molecule has 6 nitrogen and oxygen atoms in total. The highest BCUT2D eigenvalue weighted by molar-refractivity contribution is 7.89. The van der Waals surface area contributed by atoms with E-state index in [4.69, 9.17) is 4.74 Å². The van der Waals surface area contributed by atoms with E-state index in [-0.39, 0.29) is 16.9 Å². The standard InChI is InChI=1S/C19H22N2O4S/c1-20-26(23,24)18-9-7-15(8-10-18)19(22)21-13-11-17(12-14-21)25-16-5-3-2-4-6-16/h2-10,17,20H,11-14H2,1H3. The monoisotopic (exact) mass is 374 g/mol. The molecule has 0 atom stereocenters. The topological polar surface area (TPSA) is 75.7 Å². The molecule has 0 radical (unpaired) electrons. The number of benzene rings is 2. The van der Waals surface area contributed by atoms with Crippen LogP contribution in [0.3, 0.4) is 0 Å². The zero-order valence-electron chi connectivity index (χ0n) is 14.6. The number of nitrogens with one attached hydrogen (secondary N) is 1. The summed E-state index contributed by atoms with van der Waals surface area (Å²) in [4.78, 5) is 14.5. The summed E-state index contributed by atoms with van der Waals surface area (Å²) in [6.45, 7) is 1.24. The minimum atomic E-state index is -3.49. The van der Waals surface area contributed by atoms with E-state index in [0.717, 1.165) is 18.6 Å². The zero-order valence-corrected chi connectivity index (χ0v) is 15.4. The van der Waals surface area contributed by atoms with Crippen LogP contribution in [-0.2, 0) is 10.0 Å². The van der Waals surface area contributed by atoms with Crippen molar-refractivity contribution in [3.63, 3.8) is 0 Å². The maximum absolute atomic E-state index is 12.6. The van der Waals surface area contributed by atoms with E-state index in [9.17, 15) is 13.2 Å². The van der Waals surface area contributed by atoms with E-state index < -0.39 is 10.0 Å². The molecule has 0 aromatic heterocycles. The van der Waals surface area contributed by atoms with Gasteiger partial charge in [-0.05, 0) is 43.4 Å². The average Bonchev–Trinajstić information content (AvgIpc) is 2.69. The Morgan fingerprint density at radius 2 is 1.65 bits per heavy atom. The minimum absolute atomic E-state index is 0.0865. The van der Waals surface area contributed by atoms with Crippen LogP contribution in [0.4, 0.5) is 0 Å². The third-order valence-electron chi connectivity index (χ3n) is 4.46. The maximum atomic E-state index is 12.6. The Hall–Kier alpha value is -2.38. The molecular weight excluding hydrogens is 352 g/mol. The molecule has 1 amide bonds. The first-order valence-corrected chi connectivity index (χ1v) is 10.0. The molecule has 1 N–H and O–H groups in total. The summed E-state index contributed by atoms with van der Waals surface area (Å²) in [7, 11) is -2.14. The van der Waals surface area contributed by atoms with E-state index in [1.165, 1.54) is 19.2 Å². The second-order valence-electron chi connectivity index (χ2n) is 6.15. The van der Waals surface area contributed by atoms with Crippen LogP contribution in [-0.4, -0.2) is 45.5 Å². The van der Waals surface area contributed by atoms with Crippen molar-refractivity contribution in [3.05, 3.63) is 60.2 Å². The second kappa shape index (κ2) is 7.88. The van der Waals surface area contributed by atoms with Gasteiger partial charge in [0.15, 0.2) is 0 Å². The molecule has 138 valence electrons. The van der Waals surface area contributed by atoms with Crippen molar-refractivity contribution >= 4 is 15.9 Å². The lowest BCUT2D eigenvalue weighted by Gasteiger charge is -2.32. The van der Waals surface area contributed by atoms with E-state index in [0.29, 0.717) is 18.7 Å². The number of hydrogen-bond acceptors (Lipinski definition) is 4. The summed E-state index contributed by atoms with van der Waals surface area (Å²) in [5.41, 5.74) is 0.488. The number of piperidine rings is 1. The van der Waals surface area contributed by atoms with Gasteiger partial charge in [0.2, 0.25) is 10.0 Å². The lowest BCUT2D eigenvalue weighted by molar-refractivity contribution is 0.0595. The maximum Gasteiger partial charge on any atom is 0.253 e. The summed E-state index contributed by atoms with van der Waals surface area (Å²) in [6.07, 6.45) is 1.64. The van der Waals surface area contributed by atoms with Gasteiger partial charge in [0.05, 0.1) is 4.90 Å². The fraction of sp³-hybridized carbons (Fsp3) is 0.316. The van der Waals surface area contributed by atoms with Crippen LogP contribution in [0.1, 0.15) is 23.2 Å². The summed E-state index contributed by atoms with van der Waals surface area (Å²) in [6, 6.07) is 15.7. The number of carbonyl (C=O) groups is 1. The molecule has 3 rings (SSSR count). The number of rotatable bonds is 5. The number of para-hydroxylation sites is 1. The van der Waals surface area contributed by atoms with Crippen molar-refractivity contribution in [3.8, 4) is 5.75 Å². The summed E-state index contributed by atoms with van der Waals surface area (Å²) >= 11 is 0. The van der Waals surface area contributed by atoms with Crippen molar-refractivity contribution in [1.82, 2.24) is 9.62 Å². The number of sulfonamides is 1. The average molecular weight is 374 g/mol. The number of amides is 1. The summed E-state index contributed by atoms with van der Waals surface area (Å²) in [5.74, 6) is 0.759. The zero-order chi connectivity index (χ0) is 18.6. The van der Waals surface area contributed by atoms with E-state index in [1.54, 1.807) is 17.0 Å². The molecule has 0 saturated carbocycles. The Bertz CT molecular complexity index is 843. The lowest BCUT2D eigenvalue weighted by Crippen LogP contribution is -2.41. The van der Waals surface area contributed by atoms with Crippen LogP contribution < -0.4 is 9.46 Å². The lowest BCUT2D eigenvalue weighted by atomic mass is 10.1. The first-order chi connectivity index (χ1) is 12.5. The van der Waals surface area contributed by atoms with E-state index in [2.05, 4.69) is 4.72 Å². The molecule has 1 aliphatic heterocycles. The number of likely N-dealkylation sites (tertiary alicyclic amines) is 1. The Labute approximate surface area is 153 Å². The van der Waals surface area contributed by atoms with Gasteiger partial charge in [-0.15, -0.1) is 0 Å². The quantitative estimate of drug-likeness (QED) is 0.871. The molecule has 1 aliphatic rings. The van der Waals surface area contributed by atoms with Crippen molar-refractivity contribution in [2.24, 2.45) is 0 Å². The van der Waals surface area contributed by atoms with Gasteiger partial charge in [0.1, 0.15) is 11.9 Å². The predicted octanol–water partition coefficient (Wildman–Crippen LogP) is 2.28. The molecule has 0 bridgehead atoms. The van der Waals surface area contributed by atoms with Crippen LogP contribution in [0.2, 0.25) is 0 Å². The SMILES string of the molecule is CNS(=O)(=O)c1ccc(C(=O)N2CCC(Oc3ccccc3)CC2)cc1. The second-order valence-corrected chi connectivity index (χ2v) is 8.04. The van der Waals surface area contributed by atoms with Gasteiger partial charge in [-0.1, -0.05) is 18.2 Å². The Kier molecular flexibility index (Phi) is 5.58. The highest BCUT2D eigenvalue weighted by atomic mass is 32.2. The summed E-state index contributed by atoms with van der Waals surface area (Å²) in [5, 5.41) is 0. The van der Waals surface area contributed by atoms with Gasteiger partial charge in [-0.25, -0.2) is 13.1 Å². The van der Waals surface area contributed by atoms with Crippen molar-refractivity contribution in [2.75, 3.05) is 20.1 Å². The number of hydrogen-bond donors (Lipinski definition) is 1. The van der Waals surface area contributed by atoms with Crippen LogP contribution in [0.5, 0.6) is 5.75 Å². The van der Waals surface area contributed by atoms with E-state index >= 15 is 0 Å². The van der Waals surface area contributed by atoms with Gasteiger partial charge in [-0.2, -0.15) is 0 Å². The predicted molar refractivity (Wildman–Crippen MR) is 98.7 cm³/mol. The fourth-order valence-corrected chi connectivity index (χ4v) is 3.68. The van der Waals surface area contributed by atoms with Gasteiger partial charge >= 0.3 is 0 Å². The molecular formula is C19H22N2O4S. The van der Waals surface area contributed by atoms with Crippen molar-refractivity contribution in [2.45, 2.75) is 23.8 Å². The molecule has 7 heteroatoms. The first-order valence-electron chi connectivity index (χ1n) is 8.54. The van der Waals surface area contributed by atoms with Crippen molar-refractivity contribution < 1.29 is 17.9 Å². The third kappa shape index (κ3) is 4.23. The van der Waals surface area contributed by atoms with Crippen LogP contribution >= 0.6 is 0 Å². The number of ether oxygens (including phenoxy) is 1. The van der Waals surface area contributed by atoms with Gasteiger partial charge in [0, 0.05) is 31.5 Å². The molecule has 0 unspecified atom stereocenters. The van der Waals surface area contributed by atoms with Crippen molar-refractivity contribution in [1.29, 1.82) is 0 Å². The molecule has 2 aromatic rings. The number of carbonyl (C=O) groups excluding carboxylic acids is 1. The fourth-order valence-electron chi connectivity index (χ4n) is 2.95. The highest BCUT2D eigenvalue weighted by Crippen LogP contribution is 2.20. The minimum Gasteiger partial charge on any atom is -0.490 e. The largest absolute Gasteiger partial charge is 0.490 e. The molecule has 26 heavy (non-hydrogen) atoms. The molecule has 1 saturated heterocycles. The molecule has 2 aromatic carbocycles. The first kappa shape index (κ1) is 18.4. The molecule has 0 aliphatic carbocycles. The third-order valence-corrected chi connectivity index (χ3v) is 5.89. The molecule has 1 fully saturated rings. The Morgan fingerprint density at radius 1 is 1.04 bits per heavy atom. The Balaban J connectivity index is 1.58. The van der Waals surface area contributed by atoms with Gasteiger partial charge in [-0.3, -0.25) is 4.79 Å². The Morgan fingerprint density at radius 3 is 2.23 bits per heavy atom. The van der Waals surface area contributed by atoms with Gasteiger partial charge in [0.25, 0.3) is 5.91 Å². The highest BCUT2D eigenvalue weighted by Gasteiger charge is 2.25. The molecule has 1 heterocycles. The van der Waals surface area contributed by atoms with Gasteiger partial charge < -0.3 is 9.64 Å². The van der Waals surface area contributed by atoms with Crippen LogP contribution in [0.25, 0.3) is 0 Å². The van der Waals surface area contributed by atoms with E-state index in [1.807, 2.05) is 30.3 Å². The molecule has 0 spiro atoms. The smallest absolute Gasteiger partial charge is 0.253 e. The van der Waals surface area contributed by atoms with Crippen LogP contribution in [0.15, 0.2) is 59.5 Å². The number of nitrogens with zero attached hydrogens (tertiary/aromatic N) is 1. The van der Waals surface area contributed by atoms with Crippen LogP contribution in [0, 0.1) is 0 Å². The normalized spacial score (nSPS) is 15.7. The summed E-state index contributed by atoms with van der Waals surface area (Å²) < 4.78 is 31.7.